The second kappa shape index (κ2) is 9.84. The van der Waals surface area contributed by atoms with Crippen LogP contribution in [0.1, 0.15) is 16.3 Å². The minimum absolute atomic E-state index is 0.459. The fourth-order valence-electron chi connectivity index (χ4n) is 2.83. The van der Waals surface area contributed by atoms with Gasteiger partial charge in [-0.25, -0.2) is 9.97 Å². The molecule has 0 amide bonds. The van der Waals surface area contributed by atoms with Crippen molar-refractivity contribution in [3.05, 3.63) is 64.1 Å². The molecule has 0 aliphatic rings. The Bertz CT molecular complexity index is 1140. The molecular formula is C22H22N4O3S2. The van der Waals surface area contributed by atoms with E-state index in [4.69, 9.17) is 14.2 Å². The fraction of sp³-hybridized carbons (Fsp3) is 0.227. The van der Waals surface area contributed by atoms with Crippen LogP contribution in [0.25, 0.3) is 11.4 Å². The maximum absolute atomic E-state index is 5.80. The zero-order valence-electron chi connectivity index (χ0n) is 17.4. The number of H-pyrrole nitrogens is 1. The molecule has 4 aromatic rings. The monoisotopic (exact) mass is 454 g/mol. The third-order valence-corrected chi connectivity index (χ3v) is 6.21. The highest BCUT2D eigenvalue weighted by Gasteiger charge is 2.13. The smallest absolute Gasteiger partial charge is 0.209 e. The molecule has 7 nitrogen and oxygen atoms in total. The molecule has 0 unspecified atom stereocenters. The van der Waals surface area contributed by atoms with E-state index in [2.05, 4.69) is 27.1 Å². The minimum atomic E-state index is 0.459. The van der Waals surface area contributed by atoms with Gasteiger partial charge in [0.2, 0.25) is 5.16 Å². The lowest BCUT2D eigenvalue weighted by Gasteiger charge is -2.07. The first-order valence-corrected chi connectivity index (χ1v) is 11.4. The lowest BCUT2D eigenvalue weighted by molar-refractivity contribution is 0.305. The molecule has 0 saturated heterocycles. The van der Waals surface area contributed by atoms with Crippen molar-refractivity contribution in [2.45, 2.75) is 24.4 Å². The van der Waals surface area contributed by atoms with Gasteiger partial charge in [-0.05, 0) is 31.2 Å². The Kier molecular flexibility index (Phi) is 6.73. The SMILES string of the molecule is COc1ccc(-c2nc(SCc3csc(COc4ccc(C)cc4)n3)n[nH]2)c(OC)c1. The van der Waals surface area contributed by atoms with Crippen LogP contribution in [-0.2, 0) is 12.4 Å². The number of hydrogen-bond acceptors (Lipinski definition) is 8. The van der Waals surface area contributed by atoms with E-state index in [0.29, 0.717) is 29.1 Å². The largest absolute Gasteiger partial charge is 0.497 e. The van der Waals surface area contributed by atoms with Crippen molar-refractivity contribution in [1.82, 2.24) is 20.2 Å². The van der Waals surface area contributed by atoms with Crippen LogP contribution < -0.4 is 14.2 Å². The molecule has 2 aromatic carbocycles. The minimum Gasteiger partial charge on any atom is -0.497 e. The highest BCUT2D eigenvalue weighted by Crippen LogP contribution is 2.32. The number of thiazole rings is 1. The number of aromatic nitrogens is 4. The van der Waals surface area contributed by atoms with E-state index in [-0.39, 0.29) is 0 Å². The van der Waals surface area contributed by atoms with Crippen molar-refractivity contribution in [1.29, 1.82) is 0 Å². The number of rotatable bonds is 9. The van der Waals surface area contributed by atoms with E-state index >= 15 is 0 Å². The van der Waals surface area contributed by atoms with Crippen LogP contribution in [-0.4, -0.2) is 34.4 Å². The summed E-state index contributed by atoms with van der Waals surface area (Å²) in [7, 11) is 3.24. The van der Waals surface area contributed by atoms with Crippen molar-refractivity contribution in [2.75, 3.05) is 14.2 Å². The maximum atomic E-state index is 5.80. The van der Waals surface area contributed by atoms with Crippen molar-refractivity contribution in [3.63, 3.8) is 0 Å². The molecule has 0 aliphatic carbocycles. The highest BCUT2D eigenvalue weighted by atomic mass is 32.2. The van der Waals surface area contributed by atoms with E-state index in [1.807, 2.05) is 47.8 Å². The van der Waals surface area contributed by atoms with Crippen LogP contribution in [0.5, 0.6) is 17.2 Å². The van der Waals surface area contributed by atoms with Crippen molar-refractivity contribution < 1.29 is 14.2 Å². The Labute approximate surface area is 188 Å². The molecule has 31 heavy (non-hydrogen) atoms. The number of nitrogens with zero attached hydrogens (tertiary/aromatic N) is 3. The number of aromatic amines is 1. The van der Waals surface area contributed by atoms with Gasteiger partial charge in [0.15, 0.2) is 5.82 Å². The third-order valence-electron chi connectivity index (χ3n) is 4.46. The molecule has 0 fully saturated rings. The predicted octanol–water partition coefficient (Wildman–Crippen LogP) is 5.13. The standard InChI is InChI=1S/C22H22N4O3S2/c1-14-4-6-16(7-5-14)29-11-20-23-15(12-30-20)13-31-22-24-21(25-26-22)18-9-8-17(27-2)10-19(18)28-3/h4-10,12H,11,13H2,1-3H3,(H,24,25,26). The quantitative estimate of drug-likeness (QED) is 0.351. The molecule has 9 heteroatoms. The first-order chi connectivity index (χ1) is 15.1. The van der Waals surface area contributed by atoms with E-state index in [9.17, 15) is 0 Å². The molecule has 0 bridgehead atoms. The molecule has 0 aliphatic heterocycles. The topological polar surface area (TPSA) is 82.2 Å². The number of ether oxygens (including phenoxy) is 3. The lowest BCUT2D eigenvalue weighted by Crippen LogP contribution is -1.95. The Balaban J connectivity index is 1.34. The summed E-state index contributed by atoms with van der Waals surface area (Å²) in [5, 5.41) is 10.9. The van der Waals surface area contributed by atoms with Crippen molar-refractivity contribution in [3.8, 4) is 28.6 Å². The summed E-state index contributed by atoms with van der Waals surface area (Å²) in [4.78, 5) is 9.22. The average molecular weight is 455 g/mol. The maximum Gasteiger partial charge on any atom is 0.209 e. The summed E-state index contributed by atoms with van der Waals surface area (Å²) in [6.45, 7) is 2.51. The zero-order valence-corrected chi connectivity index (χ0v) is 19.0. The van der Waals surface area contributed by atoms with Gasteiger partial charge in [-0.1, -0.05) is 29.5 Å². The van der Waals surface area contributed by atoms with Gasteiger partial charge < -0.3 is 14.2 Å². The van der Waals surface area contributed by atoms with Crippen LogP contribution >= 0.6 is 23.1 Å². The molecule has 1 N–H and O–H groups in total. The van der Waals surface area contributed by atoms with Gasteiger partial charge in [0.05, 0.1) is 25.5 Å². The number of nitrogens with one attached hydrogen (secondary N) is 1. The van der Waals surface area contributed by atoms with Gasteiger partial charge >= 0.3 is 0 Å². The molecule has 2 heterocycles. The molecule has 0 spiro atoms. The van der Waals surface area contributed by atoms with Gasteiger partial charge in [-0.15, -0.1) is 16.4 Å². The Morgan fingerprint density at radius 1 is 1.00 bits per heavy atom. The zero-order chi connectivity index (χ0) is 21.6. The van der Waals surface area contributed by atoms with Gasteiger partial charge in [-0.2, -0.15) is 0 Å². The van der Waals surface area contributed by atoms with Crippen LogP contribution in [0.3, 0.4) is 0 Å². The Hall–Kier alpha value is -3.04. The fourth-order valence-corrected chi connectivity index (χ4v) is 4.33. The second-order valence-corrected chi connectivity index (χ2v) is 8.54. The van der Waals surface area contributed by atoms with Gasteiger partial charge in [-0.3, -0.25) is 5.10 Å². The van der Waals surface area contributed by atoms with E-state index in [1.54, 1.807) is 25.6 Å². The normalized spacial score (nSPS) is 10.8. The van der Waals surface area contributed by atoms with Crippen molar-refractivity contribution >= 4 is 23.1 Å². The van der Waals surface area contributed by atoms with Gasteiger partial charge in [0, 0.05) is 17.2 Å². The molecule has 2 aromatic heterocycles. The molecule has 4 rings (SSSR count). The van der Waals surface area contributed by atoms with E-state index < -0.39 is 0 Å². The summed E-state index contributed by atoms with van der Waals surface area (Å²) in [6.07, 6.45) is 0. The summed E-state index contributed by atoms with van der Waals surface area (Å²) in [6, 6.07) is 13.6. The number of benzene rings is 2. The van der Waals surface area contributed by atoms with E-state index in [0.717, 1.165) is 27.8 Å². The third kappa shape index (κ3) is 5.36. The molecule has 0 atom stereocenters. The first kappa shape index (κ1) is 21.2. The summed E-state index contributed by atoms with van der Waals surface area (Å²) in [5.41, 5.74) is 3.01. The van der Waals surface area contributed by atoms with E-state index in [1.165, 1.54) is 17.3 Å². The predicted molar refractivity (Wildman–Crippen MR) is 122 cm³/mol. The Morgan fingerprint density at radius 3 is 2.58 bits per heavy atom. The summed E-state index contributed by atoms with van der Waals surface area (Å²) >= 11 is 3.11. The Morgan fingerprint density at radius 2 is 1.81 bits per heavy atom. The number of methoxy groups -OCH3 is 2. The summed E-state index contributed by atoms with van der Waals surface area (Å²) in [5.74, 6) is 3.56. The average Bonchev–Trinajstić information content (AvgIpc) is 3.46. The first-order valence-electron chi connectivity index (χ1n) is 9.55. The highest BCUT2D eigenvalue weighted by molar-refractivity contribution is 7.98. The van der Waals surface area contributed by atoms with Crippen LogP contribution in [0.15, 0.2) is 53.0 Å². The second-order valence-electron chi connectivity index (χ2n) is 6.66. The van der Waals surface area contributed by atoms with Crippen molar-refractivity contribution in [2.24, 2.45) is 0 Å². The molecule has 0 saturated carbocycles. The van der Waals surface area contributed by atoms with Crippen LogP contribution in [0.2, 0.25) is 0 Å². The lowest BCUT2D eigenvalue weighted by atomic mass is 10.2. The number of thioether (sulfide) groups is 1. The van der Waals surface area contributed by atoms with Gasteiger partial charge in [0.25, 0.3) is 0 Å². The molecule has 0 radical (unpaired) electrons. The summed E-state index contributed by atoms with van der Waals surface area (Å²) < 4.78 is 16.5. The van der Waals surface area contributed by atoms with Crippen LogP contribution in [0.4, 0.5) is 0 Å². The molecule has 160 valence electrons. The van der Waals surface area contributed by atoms with Crippen LogP contribution in [0, 0.1) is 6.92 Å². The number of hydrogen-bond donors (Lipinski definition) is 1. The number of aryl methyl sites for hydroxylation is 1. The molecular weight excluding hydrogens is 432 g/mol. The van der Waals surface area contributed by atoms with Gasteiger partial charge in [0.1, 0.15) is 28.9 Å².